The van der Waals surface area contributed by atoms with Crippen LogP contribution in [0.15, 0.2) is 34.7 Å². The number of carbonyl (C=O) groups is 1. The SMILES string of the molecule is CC(C)(C)c1cc(C(C)(C)C)c2oc(C#N)cc2c1.CC(C)(C)c1cc(C=O)c(O)c(C(C)(C)C)c1. The van der Waals surface area contributed by atoms with Gasteiger partial charge in [-0.25, -0.2) is 0 Å². The maximum absolute atomic E-state index is 11.0. The summed E-state index contributed by atoms with van der Waals surface area (Å²) in [6, 6.07) is 12.0. The number of hydrogen-bond donors (Lipinski definition) is 1. The summed E-state index contributed by atoms with van der Waals surface area (Å²) in [7, 11) is 0. The van der Waals surface area contributed by atoms with E-state index in [9.17, 15) is 9.90 Å². The second-order valence-corrected chi connectivity index (χ2v) is 13.7. The maximum Gasteiger partial charge on any atom is 0.204 e. The molecule has 0 fully saturated rings. The normalized spacial score (nSPS) is 12.6. The highest BCUT2D eigenvalue weighted by Crippen LogP contribution is 2.38. The Bertz CT molecular complexity index is 1290. The molecular weight excluding hydrogens is 446 g/mol. The second-order valence-electron chi connectivity index (χ2n) is 13.7. The number of nitriles is 1. The molecule has 1 aromatic heterocycles. The Labute approximate surface area is 217 Å². The highest BCUT2D eigenvalue weighted by atomic mass is 16.3. The number of benzene rings is 2. The van der Waals surface area contributed by atoms with Gasteiger partial charge < -0.3 is 9.52 Å². The van der Waals surface area contributed by atoms with Crippen LogP contribution in [0.5, 0.6) is 5.75 Å². The number of phenolic OH excluding ortho intramolecular Hbond substituents is 1. The van der Waals surface area contributed by atoms with Crippen LogP contribution in [0.4, 0.5) is 0 Å². The molecule has 0 spiro atoms. The van der Waals surface area contributed by atoms with Crippen LogP contribution in [0, 0.1) is 11.3 Å². The molecule has 0 unspecified atom stereocenters. The molecule has 36 heavy (non-hydrogen) atoms. The lowest BCUT2D eigenvalue weighted by molar-refractivity contribution is 0.112. The largest absolute Gasteiger partial charge is 0.507 e. The molecule has 194 valence electrons. The molecule has 0 saturated heterocycles. The maximum atomic E-state index is 11.0. The predicted molar refractivity (Wildman–Crippen MR) is 149 cm³/mol. The van der Waals surface area contributed by atoms with Crippen molar-refractivity contribution in [3.63, 3.8) is 0 Å². The number of carbonyl (C=O) groups excluding carboxylic acids is 1. The number of nitrogens with zero attached hydrogens (tertiary/aromatic N) is 1. The lowest BCUT2D eigenvalue weighted by Gasteiger charge is -2.26. The van der Waals surface area contributed by atoms with Crippen LogP contribution in [0.25, 0.3) is 11.0 Å². The minimum absolute atomic E-state index is 0.00983. The van der Waals surface area contributed by atoms with Crippen LogP contribution in [0.3, 0.4) is 0 Å². The van der Waals surface area contributed by atoms with E-state index in [1.165, 1.54) is 5.56 Å². The standard InChI is InChI=1S/C17H21NO.C15H22O2/c1-16(2,3)12-7-11-8-13(10-18)19-15(11)14(9-12)17(4,5)6;1-14(2,3)11-7-10(9-16)13(17)12(8-11)15(4,5)6/h7-9H,1-6H3;7-9,17H,1-6H3. The molecule has 3 rings (SSSR count). The Balaban J connectivity index is 0.000000255. The first-order valence-electron chi connectivity index (χ1n) is 12.5. The van der Waals surface area contributed by atoms with Crippen molar-refractivity contribution in [2.45, 2.75) is 105 Å². The van der Waals surface area contributed by atoms with E-state index in [1.54, 1.807) is 6.07 Å². The molecule has 0 radical (unpaired) electrons. The van der Waals surface area contributed by atoms with Crippen molar-refractivity contribution >= 4 is 17.3 Å². The Kier molecular flexibility index (Phi) is 7.92. The van der Waals surface area contributed by atoms with Gasteiger partial charge >= 0.3 is 0 Å². The van der Waals surface area contributed by atoms with Crippen molar-refractivity contribution in [1.29, 1.82) is 5.26 Å². The lowest BCUT2D eigenvalue weighted by atomic mass is 9.79. The number of hydrogen-bond acceptors (Lipinski definition) is 4. The third kappa shape index (κ3) is 6.58. The van der Waals surface area contributed by atoms with E-state index >= 15 is 0 Å². The summed E-state index contributed by atoms with van der Waals surface area (Å²) < 4.78 is 5.68. The molecule has 0 bridgehead atoms. The van der Waals surface area contributed by atoms with Gasteiger partial charge in [0.2, 0.25) is 5.76 Å². The summed E-state index contributed by atoms with van der Waals surface area (Å²) in [6.07, 6.45) is 0.722. The van der Waals surface area contributed by atoms with Gasteiger partial charge in [0.25, 0.3) is 0 Å². The third-order valence-corrected chi connectivity index (χ3v) is 6.34. The van der Waals surface area contributed by atoms with Gasteiger partial charge in [-0.2, -0.15) is 5.26 Å². The Hall–Kier alpha value is -3.06. The molecule has 0 aliphatic rings. The van der Waals surface area contributed by atoms with Gasteiger partial charge in [-0.3, -0.25) is 4.79 Å². The van der Waals surface area contributed by atoms with Gasteiger partial charge in [-0.15, -0.1) is 0 Å². The summed E-state index contributed by atoms with van der Waals surface area (Å²) in [5, 5.41) is 20.1. The molecule has 2 aromatic carbocycles. The second kappa shape index (κ2) is 9.77. The van der Waals surface area contributed by atoms with Crippen molar-refractivity contribution < 1.29 is 14.3 Å². The fourth-order valence-electron chi connectivity index (χ4n) is 3.95. The molecule has 3 aromatic rings. The quantitative estimate of drug-likeness (QED) is 0.347. The average Bonchev–Trinajstić information content (AvgIpc) is 3.13. The summed E-state index contributed by atoms with van der Waals surface area (Å²) in [4.78, 5) is 11.0. The van der Waals surface area contributed by atoms with E-state index in [0.717, 1.165) is 33.9 Å². The van der Waals surface area contributed by atoms with Gasteiger partial charge in [-0.05, 0) is 44.9 Å². The zero-order valence-corrected chi connectivity index (χ0v) is 24.2. The molecule has 0 aliphatic heterocycles. The minimum Gasteiger partial charge on any atom is -0.507 e. The minimum atomic E-state index is -0.177. The van der Waals surface area contributed by atoms with Gasteiger partial charge in [0.05, 0.1) is 5.56 Å². The van der Waals surface area contributed by atoms with Crippen molar-refractivity contribution in [2.75, 3.05) is 0 Å². The van der Waals surface area contributed by atoms with Crippen LogP contribution in [0.2, 0.25) is 0 Å². The van der Waals surface area contributed by atoms with Gasteiger partial charge in [0, 0.05) is 22.6 Å². The molecule has 0 amide bonds. The molecule has 0 saturated carbocycles. The van der Waals surface area contributed by atoms with Gasteiger partial charge in [0.15, 0.2) is 6.29 Å². The van der Waals surface area contributed by atoms with E-state index in [4.69, 9.17) is 9.68 Å². The highest BCUT2D eigenvalue weighted by molar-refractivity contribution is 5.84. The molecule has 1 heterocycles. The Morgan fingerprint density at radius 2 is 1.19 bits per heavy atom. The lowest BCUT2D eigenvalue weighted by Crippen LogP contribution is -2.17. The number of rotatable bonds is 1. The fraction of sp³-hybridized carbons (Fsp3) is 0.500. The van der Waals surface area contributed by atoms with E-state index in [-0.39, 0.29) is 27.4 Å². The number of furan rings is 1. The number of fused-ring (bicyclic) bond motifs is 1. The van der Waals surface area contributed by atoms with Gasteiger partial charge in [0.1, 0.15) is 17.4 Å². The van der Waals surface area contributed by atoms with E-state index in [0.29, 0.717) is 11.3 Å². The van der Waals surface area contributed by atoms with Crippen LogP contribution >= 0.6 is 0 Å². The molecule has 1 N–H and O–H groups in total. The molecule has 4 heteroatoms. The first-order valence-corrected chi connectivity index (χ1v) is 12.5. The molecule has 0 atom stereocenters. The van der Waals surface area contributed by atoms with Crippen molar-refractivity contribution in [3.05, 3.63) is 63.9 Å². The number of phenols is 1. The first kappa shape index (κ1) is 29.2. The molecular formula is C32H43NO3. The van der Waals surface area contributed by atoms with Crippen molar-refractivity contribution in [1.82, 2.24) is 0 Å². The van der Waals surface area contributed by atoms with Crippen molar-refractivity contribution in [3.8, 4) is 11.8 Å². The van der Waals surface area contributed by atoms with E-state index < -0.39 is 0 Å². The summed E-state index contributed by atoms with van der Waals surface area (Å²) >= 11 is 0. The predicted octanol–water partition coefficient (Wildman–Crippen LogP) is 8.70. The monoisotopic (exact) mass is 489 g/mol. The zero-order valence-electron chi connectivity index (χ0n) is 24.2. The Morgan fingerprint density at radius 1 is 0.722 bits per heavy atom. The van der Waals surface area contributed by atoms with E-state index in [2.05, 4.69) is 80.5 Å². The van der Waals surface area contributed by atoms with Crippen LogP contribution in [-0.2, 0) is 21.7 Å². The Morgan fingerprint density at radius 3 is 1.61 bits per heavy atom. The highest BCUT2D eigenvalue weighted by Gasteiger charge is 2.25. The first-order chi connectivity index (χ1) is 16.2. The van der Waals surface area contributed by atoms with E-state index in [1.807, 2.05) is 32.9 Å². The van der Waals surface area contributed by atoms with Crippen molar-refractivity contribution in [2.24, 2.45) is 0 Å². The summed E-state index contributed by atoms with van der Waals surface area (Å²) in [6.45, 7) is 25.5. The molecule has 4 nitrogen and oxygen atoms in total. The zero-order chi connectivity index (χ0) is 27.9. The fourth-order valence-corrected chi connectivity index (χ4v) is 3.95. The average molecular weight is 490 g/mol. The van der Waals surface area contributed by atoms with Crippen LogP contribution in [0.1, 0.15) is 121 Å². The topological polar surface area (TPSA) is 74.2 Å². The van der Waals surface area contributed by atoms with Gasteiger partial charge in [-0.1, -0.05) is 95.2 Å². The summed E-state index contributed by atoms with van der Waals surface area (Å²) in [5.41, 5.74) is 5.41. The number of aromatic hydroxyl groups is 1. The number of aldehydes is 1. The van der Waals surface area contributed by atoms with Crippen LogP contribution < -0.4 is 0 Å². The molecule has 0 aliphatic carbocycles. The van der Waals surface area contributed by atoms with Crippen LogP contribution in [-0.4, -0.2) is 11.4 Å². The summed E-state index contributed by atoms with van der Waals surface area (Å²) in [5.74, 6) is 0.493. The third-order valence-electron chi connectivity index (χ3n) is 6.34. The smallest absolute Gasteiger partial charge is 0.204 e.